The number of nitrogens with zero attached hydrogens (tertiary/aromatic N) is 1. The van der Waals surface area contributed by atoms with Crippen LogP contribution in [0, 0.1) is 0 Å². The molecule has 0 aliphatic heterocycles. The molecule has 1 unspecified atom stereocenters. The predicted octanol–water partition coefficient (Wildman–Crippen LogP) is 1.87. The Morgan fingerprint density at radius 2 is 2.06 bits per heavy atom. The molecule has 0 fully saturated rings. The van der Waals surface area contributed by atoms with Gasteiger partial charge in [-0.15, -0.1) is 0 Å². The number of rotatable bonds is 4. The normalized spacial score (nSPS) is 13.2. The lowest BCUT2D eigenvalue weighted by Gasteiger charge is -2.19. The van der Waals surface area contributed by atoms with Gasteiger partial charge in [0.2, 0.25) is 0 Å². The zero-order valence-corrected chi connectivity index (χ0v) is 11.2. The quantitative estimate of drug-likeness (QED) is 0.762. The number of anilines is 1. The van der Waals surface area contributed by atoms with Crippen LogP contribution in [-0.2, 0) is 5.41 Å². The van der Waals surface area contributed by atoms with Crippen molar-refractivity contribution in [2.75, 3.05) is 11.9 Å². The van der Waals surface area contributed by atoms with Gasteiger partial charge in [-0.1, -0.05) is 20.8 Å². The van der Waals surface area contributed by atoms with Crippen molar-refractivity contribution in [2.45, 2.75) is 39.2 Å². The van der Waals surface area contributed by atoms with E-state index in [-0.39, 0.29) is 11.0 Å². The highest BCUT2D eigenvalue weighted by Gasteiger charge is 2.19. The topological polar surface area (TPSA) is 82.5 Å². The lowest BCUT2D eigenvalue weighted by atomic mass is 9.91. The number of carboxylic acids is 1. The molecule has 0 amide bonds. The maximum absolute atomic E-state index is 11.1. The van der Waals surface area contributed by atoms with E-state index < -0.39 is 12.1 Å². The summed E-state index contributed by atoms with van der Waals surface area (Å²) in [5, 5.41) is 21.2. The molecule has 0 radical (unpaired) electrons. The number of hydrogen-bond acceptors (Lipinski definition) is 4. The van der Waals surface area contributed by atoms with Crippen molar-refractivity contribution < 1.29 is 15.0 Å². The number of pyridine rings is 1. The number of hydrogen-bond donors (Lipinski definition) is 3. The van der Waals surface area contributed by atoms with Gasteiger partial charge >= 0.3 is 5.97 Å². The van der Waals surface area contributed by atoms with E-state index in [1.54, 1.807) is 13.0 Å². The number of nitrogens with one attached hydrogen (secondary N) is 1. The summed E-state index contributed by atoms with van der Waals surface area (Å²) in [6, 6.07) is 3.05. The molecule has 0 spiro atoms. The Kier molecular flexibility index (Phi) is 4.29. The van der Waals surface area contributed by atoms with Crippen LogP contribution in [0.1, 0.15) is 43.7 Å². The van der Waals surface area contributed by atoms with E-state index in [4.69, 9.17) is 5.11 Å². The van der Waals surface area contributed by atoms with E-state index in [1.165, 1.54) is 6.07 Å². The molecule has 1 atom stereocenters. The van der Waals surface area contributed by atoms with Gasteiger partial charge in [-0.25, -0.2) is 9.78 Å². The van der Waals surface area contributed by atoms with E-state index in [0.29, 0.717) is 18.1 Å². The third-order valence-corrected chi connectivity index (χ3v) is 2.42. The lowest BCUT2D eigenvalue weighted by Crippen LogP contribution is -2.19. The van der Waals surface area contributed by atoms with Crippen molar-refractivity contribution in [2.24, 2.45) is 0 Å². The molecular formula is C13H20N2O3. The Balaban J connectivity index is 3.10. The molecule has 0 aliphatic rings. The van der Waals surface area contributed by atoms with Crippen LogP contribution in [0.25, 0.3) is 0 Å². The van der Waals surface area contributed by atoms with Crippen LogP contribution >= 0.6 is 0 Å². The first-order chi connectivity index (χ1) is 8.20. The fourth-order valence-corrected chi connectivity index (χ4v) is 1.38. The van der Waals surface area contributed by atoms with E-state index in [1.807, 2.05) is 20.8 Å². The summed E-state index contributed by atoms with van der Waals surface area (Å²) in [6.07, 6.45) is -0.515. The Hall–Kier alpha value is -1.62. The van der Waals surface area contributed by atoms with E-state index in [2.05, 4.69) is 10.3 Å². The average molecular weight is 252 g/mol. The Morgan fingerprint density at radius 1 is 1.44 bits per heavy atom. The van der Waals surface area contributed by atoms with Crippen LogP contribution in [0.3, 0.4) is 0 Å². The monoisotopic (exact) mass is 252 g/mol. The maximum Gasteiger partial charge on any atom is 0.335 e. The van der Waals surface area contributed by atoms with Crippen LogP contribution in [0.15, 0.2) is 12.1 Å². The summed E-state index contributed by atoms with van der Waals surface area (Å²) in [4.78, 5) is 15.4. The minimum atomic E-state index is -0.983. The molecule has 0 bridgehead atoms. The Bertz CT molecular complexity index is 436. The van der Waals surface area contributed by atoms with Gasteiger partial charge in [0.25, 0.3) is 0 Å². The third-order valence-electron chi connectivity index (χ3n) is 2.42. The molecular weight excluding hydrogens is 232 g/mol. The van der Waals surface area contributed by atoms with Gasteiger partial charge in [-0.2, -0.15) is 0 Å². The van der Waals surface area contributed by atoms with Gasteiger partial charge in [0, 0.05) is 17.7 Å². The lowest BCUT2D eigenvalue weighted by molar-refractivity contribution is 0.0696. The molecule has 5 nitrogen and oxygen atoms in total. The highest BCUT2D eigenvalue weighted by Crippen LogP contribution is 2.23. The van der Waals surface area contributed by atoms with Gasteiger partial charge in [0.05, 0.1) is 11.7 Å². The second kappa shape index (κ2) is 5.35. The van der Waals surface area contributed by atoms with Crippen molar-refractivity contribution in [1.29, 1.82) is 0 Å². The largest absolute Gasteiger partial charge is 0.478 e. The van der Waals surface area contributed by atoms with Crippen molar-refractivity contribution in [3.05, 3.63) is 23.4 Å². The van der Waals surface area contributed by atoms with Gasteiger partial charge in [0.15, 0.2) is 0 Å². The number of aliphatic hydroxyl groups excluding tert-OH is 1. The summed E-state index contributed by atoms with van der Waals surface area (Å²) in [7, 11) is 0. The molecule has 0 saturated heterocycles. The SMILES string of the molecule is CC(O)CNc1cc(C(=O)O)cc(C(C)(C)C)n1. The van der Waals surface area contributed by atoms with Gasteiger partial charge in [-0.05, 0) is 19.1 Å². The molecule has 1 aromatic heterocycles. The molecule has 0 aromatic carbocycles. The summed E-state index contributed by atoms with van der Waals surface area (Å²) in [5.74, 6) is -0.510. The second-order valence-electron chi connectivity index (χ2n) is 5.41. The summed E-state index contributed by atoms with van der Waals surface area (Å²) >= 11 is 0. The standard InChI is InChI=1S/C13H20N2O3/c1-8(16)7-14-11-6-9(12(17)18)5-10(15-11)13(2,3)4/h5-6,8,16H,7H2,1-4H3,(H,14,15)(H,17,18). The van der Waals surface area contributed by atoms with Crippen molar-refractivity contribution >= 4 is 11.8 Å². The highest BCUT2D eigenvalue weighted by molar-refractivity contribution is 5.88. The fraction of sp³-hybridized carbons (Fsp3) is 0.538. The number of carbonyl (C=O) groups is 1. The number of aromatic nitrogens is 1. The molecule has 1 heterocycles. The molecule has 3 N–H and O–H groups in total. The first kappa shape index (κ1) is 14.4. The number of aliphatic hydroxyl groups is 1. The third kappa shape index (κ3) is 4.00. The van der Waals surface area contributed by atoms with Crippen molar-refractivity contribution in [3.63, 3.8) is 0 Å². The second-order valence-corrected chi connectivity index (χ2v) is 5.41. The molecule has 0 saturated carbocycles. The predicted molar refractivity (Wildman–Crippen MR) is 70.1 cm³/mol. The fourth-order valence-electron chi connectivity index (χ4n) is 1.38. The van der Waals surface area contributed by atoms with Crippen molar-refractivity contribution in [1.82, 2.24) is 4.98 Å². The minimum absolute atomic E-state index is 0.197. The summed E-state index contributed by atoms with van der Waals surface area (Å²) < 4.78 is 0. The summed E-state index contributed by atoms with van der Waals surface area (Å²) in [5.41, 5.74) is 0.672. The average Bonchev–Trinajstić information content (AvgIpc) is 2.24. The van der Waals surface area contributed by atoms with E-state index in [9.17, 15) is 9.90 Å². The Labute approximate surface area is 107 Å². The van der Waals surface area contributed by atoms with Crippen LogP contribution in [0.2, 0.25) is 0 Å². The molecule has 1 aromatic rings. The zero-order valence-electron chi connectivity index (χ0n) is 11.2. The Morgan fingerprint density at radius 3 is 2.50 bits per heavy atom. The molecule has 1 rings (SSSR count). The van der Waals surface area contributed by atoms with Crippen LogP contribution in [-0.4, -0.2) is 33.8 Å². The zero-order chi connectivity index (χ0) is 13.9. The highest BCUT2D eigenvalue weighted by atomic mass is 16.4. The molecule has 0 aliphatic carbocycles. The van der Waals surface area contributed by atoms with Gasteiger partial charge in [0.1, 0.15) is 5.82 Å². The van der Waals surface area contributed by atoms with Crippen LogP contribution in [0.4, 0.5) is 5.82 Å². The first-order valence-electron chi connectivity index (χ1n) is 5.88. The number of aromatic carboxylic acids is 1. The van der Waals surface area contributed by atoms with E-state index >= 15 is 0 Å². The minimum Gasteiger partial charge on any atom is -0.478 e. The molecule has 5 heteroatoms. The number of carboxylic acid groups (broad SMARTS) is 1. The molecule has 18 heavy (non-hydrogen) atoms. The summed E-state index contributed by atoms with van der Waals surface area (Å²) in [6.45, 7) is 7.90. The smallest absolute Gasteiger partial charge is 0.335 e. The first-order valence-corrected chi connectivity index (χ1v) is 5.88. The van der Waals surface area contributed by atoms with Crippen LogP contribution < -0.4 is 5.32 Å². The van der Waals surface area contributed by atoms with E-state index in [0.717, 1.165) is 0 Å². The van der Waals surface area contributed by atoms with Gasteiger partial charge < -0.3 is 15.5 Å². The molecule has 100 valence electrons. The van der Waals surface area contributed by atoms with Crippen molar-refractivity contribution in [3.8, 4) is 0 Å². The van der Waals surface area contributed by atoms with Gasteiger partial charge in [-0.3, -0.25) is 0 Å². The van der Waals surface area contributed by atoms with Crippen LogP contribution in [0.5, 0.6) is 0 Å². The maximum atomic E-state index is 11.1.